The van der Waals surface area contributed by atoms with Gasteiger partial charge in [0.2, 0.25) is 17.7 Å². The Hall–Kier alpha value is -1.51. The molecule has 0 aromatic rings. The maximum atomic E-state index is 12.3. The highest BCUT2D eigenvalue weighted by Gasteiger charge is 2.55. The third kappa shape index (κ3) is 10.7. The SMILES string of the molecule is CC1(C)CC(N2C(=O)CCC2=O)CC(C)(C)N1.CCCCCCCCCCCCN1CNC2(C1)CC(C)(C)N(C(C)=O)C(C)(C)C2. The molecule has 0 aromatic carbocycles. The number of piperidine rings is 2. The van der Waals surface area contributed by atoms with Gasteiger partial charge < -0.3 is 10.2 Å². The minimum Gasteiger partial charge on any atom is -0.333 e. The smallest absolute Gasteiger partial charge is 0.229 e. The van der Waals surface area contributed by atoms with E-state index in [1.807, 2.05) is 0 Å². The molecule has 0 bridgehead atoms. The molecule has 4 aliphatic rings. The van der Waals surface area contributed by atoms with Crippen LogP contribution >= 0.6 is 0 Å². The van der Waals surface area contributed by atoms with Gasteiger partial charge in [0.15, 0.2) is 0 Å². The lowest BCUT2D eigenvalue weighted by atomic mass is 9.69. The fraction of sp³-hybridized carbons (Fsp3) is 0.921. The van der Waals surface area contributed by atoms with Gasteiger partial charge in [-0.05, 0) is 94.0 Å². The van der Waals surface area contributed by atoms with Crippen LogP contribution in [0.5, 0.6) is 0 Å². The zero-order valence-corrected chi connectivity index (χ0v) is 31.6. The Morgan fingerprint density at radius 1 is 0.739 bits per heavy atom. The number of amides is 3. The number of carbonyl (C=O) groups excluding carboxylic acids is 3. The van der Waals surface area contributed by atoms with E-state index in [1.54, 1.807) is 6.92 Å². The Labute approximate surface area is 282 Å². The van der Waals surface area contributed by atoms with Crippen molar-refractivity contribution in [3.05, 3.63) is 0 Å². The molecule has 0 atom stereocenters. The van der Waals surface area contributed by atoms with E-state index < -0.39 is 0 Å². The Bertz CT molecular complexity index is 985. The van der Waals surface area contributed by atoms with Gasteiger partial charge in [0.05, 0.1) is 0 Å². The van der Waals surface area contributed by atoms with E-state index in [9.17, 15) is 14.4 Å². The molecule has 4 aliphatic heterocycles. The maximum absolute atomic E-state index is 12.3. The molecule has 2 N–H and O–H groups in total. The van der Waals surface area contributed by atoms with Crippen LogP contribution in [0.15, 0.2) is 0 Å². The summed E-state index contributed by atoms with van der Waals surface area (Å²) in [4.78, 5) is 42.1. The highest BCUT2D eigenvalue weighted by Crippen LogP contribution is 2.45. The number of nitrogens with zero attached hydrogens (tertiary/aromatic N) is 3. The van der Waals surface area contributed by atoms with Crippen molar-refractivity contribution in [2.45, 2.75) is 206 Å². The molecule has 8 nitrogen and oxygen atoms in total. The first-order valence-corrected chi connectivity index (χ1v) is 18.7. The number of hydrogen-bond acceptors (Lipinski definition) is 6. The van der Waals surface area contributed by atoms with Crippen molar-refractivity contribution in [1.82, 2.24) is 25.3 Å². The molecular weight excluding hydrogens is 574 g/mol. The van der Waals surface area contributed by atoms with Gasteiger partial charge in [-0.15, -0.1) is 0 Å². The number of carbonyl (C=O) groups is 3. The summed E-state index contributed by atoms with van der Waals surface area (Å²) in [6, 6.07) is 0.0590. The van der Waals surface area contributed by atoms with E-state index in [2.05, 4.69) is 82.7 Å². The van der Waals surface area contributed by atoms with Crippen molar-refractivity contribution in [2.24, 2.45) is 0 Å². The monoisotopic (exact) mass is 646 g/mol. The molecule has 0 radical (unpaired) electrons. The fourth-order valence-corrected chi connectivity index (χ4v) is 10.0. The molecule has 0 saturated carbocycles. The van der Waals surface area contributed by atoms with Crippen molar-refractivity contribution in [2.75, 3.05) is 19.8 Å². The van der Waals surface area contributed by atoms with Crippen molar-refractivity contribution in [1.29, 1.82) is 0 Å². The van der Waals surface area contributed by atoms with Crippen molar-refractivity contribution in [3.63, 3.8) is 0 Å². The number of imide groups is 1. The van der Waals surface area contributed by atoms with Gasteiger partial charge >= 0.3 is 0 Å². The van der Waals surface area contributed by atoms with Gasteiger partial charge in [0.1, 0.15) is 0 Å². The van der Waals surface area contributed by atoms with Crippen LogP contribution in [0, 0.1) is 0 Å². The molecule has 0 unspecified atom stereocenters. The summed E-state index contributed by atoms with van der Waals surface area (Å²) >= 11 is 0. The van der Waals surface area contributed by atoms with E-state index in [0.717, 1.165) is 38.9 Å². The van der Waals surface area contributed by atoms with E-state index in [1.165, 1.54) is 75.7 Å². The molecule has 4 fully saturated rings. The standard InChI is InChI=1S/C25H49N3O.C13H22N2O2/c1-7-8-9-10-11-12-13-14-15-16-17-27-20-25(26-21-27)18-23(3,4)28(22(2)29)24(5,6)19-25;1-12(2)7-9(8-13(3,4)14-12)15-10(16)5-6-11(15)17/h26H,7-21H2,1-6H3;9,14H,5-8H2,1-4H3. The number of nitrogens with one attached hydrogen (secondary N) is 2. The van der Waals surface area contributed by atoms with Crippen LogP contribution in [0.1, 0.15) is 172 Å². The van der Waals surface area contributed by atoms with Crippen LogP contribution in [0.3, 0.4) is 0 Å². The normalized spacial score (nSPS) is 25.2. The first kappa shape index (κ1) is 38.9. The topological polar surface area (TPSA) is 85.0 Å². The van der Waals surface area contributed by atoms with Crippen LogP contribution in [0.2, 0.25) is 0 Å². The van der Waals surface area contributed by atoms with Gasteiger partial charge in [0.25, 0.3) is 0 Å². The average Bonchev–Trinajstić information content (AvgIpc) is 3.42. The fourth-order valence-electron chi connectivity index (χ4n) is 10.0. The molecule has 46 heavy (non-hydrogen) atoms. The molecule has 266 valence electrons. The minimum absolute atomic E-state index is 0.00787. The van der Waals surface area contributed by atoms with Gasteiger partial charge in [-0.25, -0.2) is 0 Å². The molecule has 8 heteroatoms. The second-order valence-electron chi connectivity index (χ2n) is 17.8. The molecule has 0 aliphatic carbocycles. The summed E-state index contributed by atoms with van der Waals surface area (Å²) in [5.41, 5.74) is -0.121. The Balaban J connectivity index is 0.000000286. The average molecular weight is 646 g/mol. The highest BCUT2D eigenvalue weighted by atomic mass is 16.2. The van der Waals surface area contributed by atoms with E-state index >= 15 is 0 Å². The van der Waals surface area contributed by atoms with Crippen LogP contribution in [-0.2, 0) is 14.4 Å². The molecule has 3 amide bonds. The largest absolute Gasteiger partial charge is 0.333 e. The molecule has 4 saturated heterocycles. The highest BCUT2D eigenvalue weighted by molar-refractivity contribution is 6.02. The first-order chi connectivity index (χ1) is 21.3. The summed E-state index contributed by atoms with van der Waals surface area (Å²) in [5, 5.41) is 7.43. The molecule has 1 spiro atoms. The lowest BCUT2D eigenvalue weighted by Crippen LogP contribution is -2.69. The van der Waals surface area contributed by atoms with Crippen LogP contribution in [-0.4, -0.2) is 85.9 Å². The van der Waals surface area contributed by atoms with Crippen molar-refractivity contribution in [3.8, 4) is 0 Å². The van der Waals surface area contributed by atoms with Crippen LogP contribution < -0.4 is 10.6 Å². The second-order valence-corrected chi connectivity index (χ2v) is 17.8. The summed E-state index contributed by atoms with van der Waals surface area (Å²) in [5.74, 6) is 0.220. The van der Waals surface area contributed by atoms with Gasteiger partial charge in [-0.2, -0.15) is 0 Å². The number of likely N-dealkylation sites (tertiary alicyclic amines) is 2. The summed E-state index contributed by atoms with van der Waals surface area (Å²) in [6.07, 6.45) is 18.5. The predicted molar refractivity (Wildman–Crippen MR) is 189 cm³/mol. The number of unbranched alkanes of at least 4 members (excludes halogenated alkanes) is 9. The zero-order chi connectivity index (χ0) is 34.4. The van der Waals surface area contributed by atoms with E-state index in [-0.39, 0.29) is 51.5 Å². The van der Waals surface area contributed by atoms with Crippen molar-refractivity contribution >= 4 is 17.7 Å². The molecular formula is C38H71N5O3. The Morgan fingerprint density at radius 2 is 1.20 bits per heavy atom. The van der Waals surface area contributed by atoms with E-state index in [0.29, 0.717) is 12.8 Å². The van der Waals surface area contributed by atoms with Crippen molar-refractivity contribution < 1.29 is 14.4 Å². The van der Waals surface area contributed by atoms with E-state index in [4.69, 9.17) is 0 Å². The van der Waals surface area contributed by atoms with Crippen LogP contribution in [0.25, 0.3) is 0 Å². The lowest BCUT2D eigenvalue weighted by molar-refractivity contribution is -0.150. The quantitative estimate of drug-likeness (QED) is 0.173. The number of rotatable bonds is 12. The predicted octanol–water partition coefficient (Wildman–Crippen LogP) is 7.15. The Kier molecular flexibility index (Phi) is 13.4. The van der Waals surface area contributed by atoms with Gasteiger partial charge in [-0.1, -0.05) is 64.7 Å². The first-order valence-electron chi connectivity index (χ1n) is 18.7. The Morgan fingerprint density at radius 3 is 1.65 bits per heavy atom. The molecule has 4 heterocycles. The second kappa shape index (κ2) is 15.8. The third-order valence-corrected chi connectivity index (χ3v) is 10.7. The minimum atomic E-state index is -0.103. The lowest BCUT2D eigenvalue weighted by Gasteiger charge is -2.58. The summed E-state index contributed by atoms with van der Waals surface area (Å²) in [7, 11) is 0. The van der Waals surface area contributed by atoms with Gasteiger partial charge in [-0.3, -0.25) is 29.5 Å². The van der Waals surface area contributed by atoms with Crippen LogP contribution in [0.4, 0.5) is 0 Å². The molecule has 0 aromatic heterocycles. The van der Waals surface area contributed by atoms with Gasteiger partial charge in [0, 0.05) is 66.7 Å². The zero-order valence-electron chi connectivity index (χ0n) is 31.6. The third-order valence-electron chi connectivity index (χ3n) is 10.7. The summed E-state index contributed by atoms with van der Waals surface area (Å²) < 4.78 is 0. The summed E-state index contributed by atoms with van der Waals surface area (Å²) in [6.45, 7) is 24.8. The number of hydrogen-bond donors (Lipinski definition) is 2. The maximum Gasteiger partial charge on any atom is 0.229 e. The molecule has 4 rings (SSSR count).